The third-order valence-electron chi connectivity index (χ3n) is 5.39. The van der Waals surface area contributed by atoms with Crippen molar-refractivity contribution in [1.29, 1.82) is 0 Å². The molecule has 4 heterocycles. The number of ether oxygens (including phenoxy) is 1. The second-order valence-corrected chi connectivity index (χ2v) is 7.62. The van der Waals surface area contributed by atoms with Crippen LogP contribution >= 0.6 is 0 Å². The van der Waals surface area contributed by atoms with Crippen molar-refractivity contribution in [1.82, 2.24) is 30.1 Å². The first-order valence-electron chi connectivity index (χ1n) is 10.4. The summed E-state index contributed by atoms with van der Waals surface area (Å²) in [5, 5.41) is 7.97. The normalized spacial score (nSPS) is 11.0. The molecule has 5 N–H and O–H groups in total. The van der Waals surface area contributed by atoms with Crippen LogP contribution in [0.2, 0.25) is 0 Å². The maximum atomic E-state index is 12.2. The number of nitrogens with two attached hydrogens (primary N) is 2. The monoisotopic (exact) mass is 452 g/mol. The van der Waals surface area contributed by atoms with Crippen molar-refractivity contribution in [3.05, 3.63) is 78.1 Å². The Bertz CT molecular complexity index is 1510. The quantitative estimate of drug-likeness (QED) is 0.354. The Hall–Kier alpha value is -4.86. The molecule has 4 aromatic heterocycles. The fourth-order valence-corrected chi connectivity index (χ4v) is 3.75. The molecule has 0 radical (unpaired) electrons. The van der Waals surface area contributed by atoms with Crippen molar-refractivity contribution in [2.45, 2.75) is 13.5 Å². The number of nitrogens with one attached hydrogen (secondary N) is 1. The van der Waals surface area contributed by atoms with E-state index in [1.54, 1.807) is 42.7 Å². The van der Waals surface area contributed by atoms with Crippen molar-refractivity contribution in [3.63, 3.8) is 0 Å². The lowest BCUT2D eigenvalue weighted by Crippen LogP contribution is -2.17. The zero-order valence-corrected chi connectivity index (χ0v) is 18.2. The van der Waals surface area contributed by atoms with Gasteiger partial charge in [-0.15, -0.1) is 0 Å². The average Bonchev–Trinajstić information content (AvgIpc) is 3.33. The van der Waals surface area contributed by atoms with Crippen molar-refractivity contribution >= 4 is 22.5 Å². The highest BCUT2D eigenvalue weighted by atomic mass is 16.5. The lowest BCUT2D eigenvalue weighted by atomic mass is 9.94. The molecular weight excluding hydrogens is 432 g/mol. The number of benzene rings is 1. The molecule has 0 fully saturated rings. The van der Waals surface area contributed by atoms with Gasteiger partial charge in [0.1, 0.15) is 12.9 Å². The van der Waals surface area contributed by atoms with Gasteiger partial charge in [0.25, 0.3) is 5.91 Å². The van der Waals surface area contributed by atoms with Gasteiger partial charge in [0.05, 0.1) is 34.5 Å². The minimum absolute atomic E-state index is 0.0264. The van der Waals surface area contributed by atoms with Gasteiger partial charge >= 0.3 is 0 Å². The summed E-state index contributed by atoms with van der Waals surface area (Å²) in [6, 6.07) is 12.8. The first-order valence-corrected chi connectivity index (χ1v) is 10.4. The number of aromatic amines is 1. The molecule has 0 unspecified atom stereocenters. The molecule has 10 nitrogen and oxygen atoms in total. The molecule has 0 bridgehead atoms. The molecule has 0 aliphatic heterocycles. The van der Waals surface area contributed by atoms with Crippen molar-refractivity contribution in [2.75, 3.05) is 5.73 Å². The number of carbonyl (C=O) groups is 1. The molecule has 0 aliphatic rings. The van der Waals surface area contributed by atoms with Crippen molar-refractivity contribution in [3.8, 4) is 28.4 Å². The smallest absolute Gasteiger partial charge is 0.269 e. The Kier molecular flexibility index (Phi) is 5.30. The first-order chi connectivity index (χ1) is 16.5. The lowest BCUT2D eigenvalue weighted by molar-refractivity contribution is 0.0996. The van der Waals surface area contributed by atoms with Crippen LogP contribution in [-0.4, -0.2) is 36.0 Å². The minimum atomic E-state index is -0.728. The summed E-state index contributed by atoms with van der Waals surface area (Å²) < 4.78 is 5.78. The van der Waals surface area contributed by atoms with Gasteiger partial charge in [-0.2, -0.15) is 5.10 Å². The van der Waals surface area contributed by atoms with E-state index in [0.29, 0.717) is 22.8 Å². The molecular formula is C24H20N8O2. The maximum absolute atomic E-state index is 12.2. The van der Waals surface area contributed by atoms with E-state index >= 15 is 0 Å². The molecule has 0 spiro atoms. The molecule has 0 saturated heterocycles. The number of aryl methyl sites for hydroxylation is 1. The van der Waals surface area contributed by atoms with Gasteiger partial charge in [0, 0.05) is 23.2 Å². The molecule has 0 atom stereocenters. The van der Waals surface area contributed by atoms with Crippen molar-refractivity contribution < 1.29 is 9.53 Å². The Morgan fingerprint density at radius 2 is 2.00 bits per heavy atom. The summed E-state index contributed by atoms with van der Waals surface area (Å²) in [6.07, 6.45) is 4.82. The van der Waals surface area contributed by atoms with Gasteiger partial charge in [0.15, 0.2) is 5.69 Å². The third-order valence-corrected chi connectivity index (χ3v) is 5.39. The zero-order valence-electron chi connectivity index (χ0n) is 18.2. The van der Waals surface area contributed by atoms with Gasteiger partial charge in [-0.05, 0) is 42.3 Å². The van der Waals surface area contributed by atoms with E-state index in [9.17, 15) is 4.79 Å². The van der Waals surface area contributed by atoms with Gasteiger partial charge in [-0.1, -0.05) is 12.1 Å². The minimum Gasteiger partial charge on any atom is -0.471 e. The molecule has 1 amide bonds. The van der Waals surface area contributed by atoms with E-state index in [1.165, 1.54) is 6.33 Å². The summed E-state index contributed by atoms with van der Waals surface area (Å²) in [4.78, 5) is 29.2. The van der Waals surface area contributed by atoms with Gasteiger partial charge < -0.3 is 16.2 Å². The predicted octanol–water partition coefficient (Wildman–Crippen LogP) is 3.05. The number of aromatic nitrogens is 6. The highest BCUT2D eigenvalue weighted by Crippen LogP contribution is 2.37. The number of hydrogen-bond donors (Lipinski definition) is 3. The van der Waals surface area contributed by atoms with Crippen LogP contribution in [0.3, 0.4) is 0 Å². The number of nitrogens with zero attached hydrogens (tertiary/aromatic N) is 5. The molecule has 0 aliphatic carbocycles. The number of pyridine rings is 2. The second kappa shape index (κ2) is 8.58. The second-order valence-electron chi connectivity index (χ2n) is 7.62. The molecule has 0 saturated carbocycles. The summed E-state index contributed by atoms with van der Waals surface area (Å²) in [7, 11) is 0. The largest absolute Gasteiger partial charge is 0.471 e. The van der Waals surface area contributed by atoms with E-state index in [1.807, 2.05) is 19.1 Å². The van der Waals surface area contributed by atoms with Crippen LogP contribution in [0, 0.1) is 6.92 Å². The van der Waals surface area contributed by atoms with Crippen molar-refractivity contribution in [2.24, 2.45) is 5.73 Å². The molecule has 1 aromatic carbocycles. The topological polar surface area (TPSA) is 159 Å². The molecule has 5 aromatic rings. The number of nitrogen functional groups attached to an aromatic ring is 1. The van der Waals surface area contributed by atoms with E-state index < -0.39 is 5.91 Å². The van der Waals surface area contributed by atoms with E-state index in [4.69, 9.17) is 16.2 Å². The van der Waals surface area contributed by atoms with E-state index in [2.05, 4.69) is 30.1 Å². The van der Waals surface area contributed by atoms with Crippen LogP contribution in [0.15, 0.2) is 61.2 Å². The van der Waals surface area contributed by atoms with Gasteiger partial charge in [-0.3, -0.25) is 9.89 Å². The van der Waals surface area contributed by atoms with Crippen LogP contribution < -0.4 is 16.2 Å². The SMILES string of the molecule is Cc1ccc2[nH]ncc2c1-c1cc(-c2cccc(OCc3ccncn3)n2)nc(C(N)=O)c1N. The number of anilines is 1. The number of amides is 1. The lowest BCUT2D eigenvalue weighted by Gasteiger charge is -2.15. The van der Waals surface area contributed by atoms with Gasteiger partial charge in [-0.25, -0.2) is 19.9 Å². The summed E-state index contributed by atoms with van der Waals surface area (Å²) in [5.41, 5.74) is 17.1. The third kappa shape index (κ3) is 3.88. The van der Waals surface area contributed by atoms with Crippen LogP contribution in [-0.2, 0) is 6.61 Å². The average molecular weight is 452 g/mol. The highest BCUT2D eigenvalue weighted by Gasteiger charge is 2.20. The molecule has 34 heavy (non-hydrogen) atoms. The number of rotatable bonds is 6. The standard InChI is InChI=1S/C24H20N8O2/c1-13-5-6-17-16(10-29-32-17)21(13)15-9-19(31-23(22(15)25)24(26)33)18-3-2-4-20(30-18)34-11-14-7-8-27-12-28-14/h2-10,12H,11,25H2,1H3,(H2,26,33)(H,29,32). The number of carbonyl (C=O) groups excluding carboxylic acids is 1. The molecule has 168 valence electrons. The van der Waals surface area contributed by atoms with E-state index in [-0.39, 0.29) is 18.0 Å². The Morgan fingerprint density at radius 3 is 2.79 bits per heavy atom. The highest BCUT2D eigenvalue weighted by molar-refractivity contribution is 6.05. The van der Waals surface area contributed by atoms with Crippen LogP contribution in [0.25, 0.3) is 33.4 Å². The number of fused-ring (bicyclic) bond motifs is 1. The summed E-state index contributed by atoms with van der Waals surface area (Å²) in [5.74, 6) is -0.348. The summed E-state index contributed by atoms with van der Waals surface area (Å²) in [6.45, 7) is 2.19. The number of H-pyrrole nitrogens is 1. The maximum Gasteiger partial charge on any atom is 0.269 e. The zero-order chi connectivity index (χ0) is 23.7. The van der Waals surface area contributed by atoms with Crippen LogP contribution in [0.5, 0.6) is 5.88 Å². The Labute approximate surface area is 194 Å². The number of hydrogen-bond acceptors (Lipinski definition) is 8. The van der Waals surface area contributed by atoms with Crippen LogP contribution in [0.4, 0.5) is 5.69 Å². The summed E-state index contributed by atoms with van der Waals surface area (Å²) >= 11 is 0. The molecule has 5 rings (SSSR count). The molecule has 10 heteroatoms. The predicted molar refractivity (Wildman–Crippen MR) is 127 cm³/mol. The Morgan fingerprint density at radius 1 is 1.12 bits per heavy atom. The fraction of sp³-hybridized carbons (Fsp3) is 0.0833. The fourth-order valence-electron chi connectivity index (χ4n) is 3.75. The first kappa shape index (κ1) is 21.0. The Balaban J connectivity index is 1.60. The van der Waals surface area contributed by atoms with E-state index in [0.717, 1.165) is 27.7 Å². The van der Waals surface area contributed by atoms with Gasteiger partial charge in [0.2, 0.25) is 5.88 Å². The van der Waals surface area contributed by atoms with Crippen LogP contribution in [0.1, 0.15) is 21.7 Å². The number of primary amides is 1.